The summed E-state index contributed by atoms with van der Waals surface area (Å²) in [5.41, 5.74) is 1.66. The minimum atomic E-state index is -0.350. The molecule has 0 atom stereocenters. The first-order valence-corrected chi connectivity index (χ1v) is 7.21. The first kappa shape index (κ1) is 13.0. The number of nitrogens with one attached hydrogen (secondary N) is 2. The largest absolute Gasteiger partial charge is 0.324 e. The average molecular weight is 299 g/mol. The van der Waals surface area contributed by atoms with Crippen LogP contribution in [0.3, 0.4) is 0 Å². The van der Waals surface area contributed by atoms with Gasteiger partial charge in [-0.15, -0.1) is 0 Å². The highest BCUT2D eigenvalue weighted by Crippen LogP contribution is 2.31. The number of aromatic amines is 1. The molecule has 3 aromatic rings. The second-order valence-corrected chi connectivity index (χ2v) is 5.45. The number of amides is 1. The quantitative estimate of drug-likeness (QED) is 0.781. The third kappa shape index (κ3) is 2.14. The van der Waals surface area contributed by atoms with E-state index in [0.717, 1.165) is 12.8 Å². The number of hydrogen-bond acceptors (Lipinski definition) is 3. The summed E-state index contributed by atoms with van der Waals surface area (Å²) in [5, 5.41) is 6.94. The van der Waals surface area contributed by atoms with Crippen LogP contribution in [0.2, 0.25) is 0 Å². The topological polar surface area (TPSA) is 75.6 Å². The molecule has 6 nitrogen and oxygen atoms in total. The van der Waals surface area contributed by atoms with Crippen molar-refractivity contribution in [3.05, 3.63) is 42.0 Å². The maximum atomic E-state index is 13.2. The maximum Gasteiger partial charge on any atom is 0.276 e. The van der Waals surface area contributed by atoms with Gasteiger partial charge in [-0.3, -0.25) is 14.8 Å². The summed E-state index contributed by atoms with van der Waals surface area (Å²) >= 11 is 0. The zero-order chi connectivity index (χ0) is 15.1. The number of halogens is 1. The Balaban J connectivity index is 1.59. The smallest absolute Gasteiger partial charge is 0.276 e. The van der Waals surface area contributed by atoms with Gasteiger partial charge in [-0.1, -0.05) is 0 Å². The summed E-state index contributed by atoms with van der Waals surface area (Å²) in [4.78, 5) is 19.5. The van der Waals surface area contributed by atoms with Crippen molar-refractivity contribution in [2.75, 3.05) is 5.32 Å². The number of benzene rings is 1. The van der Waals surface area contributed by atoms with Gasteiger partial charge in [-0.05, 0) is 43.5 Å². The van der Waals surface area contributed by atoms with Gasteiger partial charge >= 0.3 is 0 Å². The van der Waals surface area contributed by atoms with Gasteiger partial charge < -0.3 is 4.98 Å². The van der Waals surface area contributed by atoms with E-state index in [1.165, 1.54) is 18.6 Å². The zero-order valence-corrected chi connectivity index (χ0v) is 11.7. The lowest BCUT2D eigenvalue weighted by molar-refractivity contribution is 0.100. The lowest BCUT2D eigenvalue weighted by Gasteiger charge is -2.27. The molecule has 1 aliphatic rings. The monoisotopic (exact) mass is 299 g/mol. The molecule has 0 aliphatic heterocycles. The number of anilines is 1. The molecule has 4 rings (SSSR count). The lowest BCUT2D eigenvalue weighted by atomic mass is 9.93. The van der Waals surface area contributed by atoms with Crippen LogP contribution in [-0.4, -0.2) is 25.7 Å². The van der Waals surface area contributed by atoms with E-state index in [0.29, 0.717) is 28.7 Å². The highest BCUT2D eigenvalue weighted by atomic mass is 19.1. The van der Waals surface area contributed by atoms with Crippen molar-refractivity contribution in [3.63, 3.8) is 0 Å². The van der Waals surface area contributed by atoms with E-state index in [1.807, 2.05) is 0 Å². The first-order chi connectivity index (χ1) is 10.7. The number of aromatic nitrogens is 4. The summed E-state index contributed by atoms with van der Waals surface area (Å²) in [7, 11) is 0. The van der Waals surface area contributed by atoms with Crippen LogP contribution in [0, 0.1) is 5.82 Å². The fraction of sp³-hybridized carbons (Fsp3) is 0.267. The Kier molecular flexibility index (Phi) is 2.92. The van der Waals surface area contributed by atoms with Crippen LogP contribution >= 0.6 is 0 Å². The van der Waals surface area contributed by atoms with Gasteiger partial charge in [0, 0.05) is 6.20 Å². The zero-order valence-electron chi connectivity index (χ0n) is 11.7. The number of fused-ring (bicyclic) bond motifs is 1. The predicted octanol–water partition coefficient (Wildman–Crippen LogP) is 2.88. The van der Waals surface area contributed by atoms with Crippen molar-refractivity contribution < 1.29 is 9.18 Å². The maximum absolute atomic E-state index is 13.2. The molecule has 1 fully saturated rings. The lowest BCUT2D eigenvalue weighted by Crippen LogP contribution is -2.25. The van der Waals surface area contributed by atoms with Crippen molar-refractivity contribution in [3.8, 4) is 0 Å². The number of carbonyl (C=O) groups is 1. The second-order valence-electron chi connectivity index (χ2n) is 5.45. The Morgan fingerprint density at radius 3 is 3.00 bits per heavy atom. The van der Waals surface area contributed by atoms with Crippen molar-refractivity contribution in [2.24, 2.45) is 0 Å². The summed E-state index contributed by atoms with van der Waals surface area (Å²) in [6, 6.07) is 6.24. The molecule has 0 spiro atoms. The Hall–Kier alpha value is -2.70. The number of hydrogen-bond donors (Lipinski definition) is 2. The Morgan fingerprint density at radius 2 is 2.23 bits per heavy atom. The van der Waals surface area contributed by atoms with Gasteiger partial charge in [0.25, 0.3) is 5.91 Å². The molecular formula is C15H14FN5O. The van der Waals surface area contributed by atoms with Gasteiger partial charge in [0.15, 0.2) is 0 Å². The molecule has 2 N–H and O–H groups in total. The molecule has 0 bridgehead atoms. The van der Waals surface area contributed by atoms with Crippen molar-refractivity contribution in [2.45, 2.75) is 25.3 Å². The summed E-state index contributed by atoms with van der Waals surface area (Å²) < 4.78 is 14.9. The van der Waals surface area contributed by atoms with Gasteiger partial charge in [0.05, 0.1) is 17.1 Å². The predicted molar refractivity (Wildman–Crippen MR) is 79.1 cm³/mol. The summed E-state index contributed by atoms with van der Waals surface area (Å²) in [6.45, 7) is 0. The summed E-state index contributed by atoms with van der Waals surface area (Å²) in [6.07, 6.45) is 4.89. The van der Waals surface area contributed by atoms with Crippen LogP contribution < -0.4 is 5.32 Å². The minimum absolute atomic E-state index is 0.274. The van der Waals surface area contributed by atoms with E-state index in [9.17, 15) is 9.18 Å². The number of H-pyrrole nitrogens is 1. The van der Waals surface area contributed by atoms with Gasteiger partial charge in [0.2, 0.25) is 5.95 Å². The van der Waals surface area contributed by atoms with E-state index in [4.69, 9.17) is 0 Å². The Labute approximate surface area is 125 Å². The van der Waals surface area contributed by atoms with Crippen LogP contribution in [0.15, 0.2) is 30.5 Å². The molecule has 1 aromatic carbocycles. The van der Waals surface area contributed by atoms with Crippen LogP contribution in [0.5, 0.6) is 0 Å². The molecule has 0 saturated heterocycles. The normalized spacial score (nSPS) is 15.0. The molecule has 7 heteroatoms. The van der Waals surface area contributed by atoms with Crippen LogP contribution in [-0.2, 0) is 0 Å². The SMILES string of the molecule is O=C(Nc1nc2ccc(F)cc2[nH]1)c1ccnn1C1CCC1. The Bertz CT molecular complexity index is 849. The molecule has 2 aromatic heterocycles. The average Bonchev–Trinajstić information content (AvgIpc) is 3.02. The fourth-order valence-electron chi connectivity index (χ4n) is 2.63. The molecule has 1 saturated carbocycles. The molecular weight excluding hydrogens is 285 g/mol. The summed E-state index contributed by atoms with van der Waals surface area (Å²) in [5.74, 6) is -0.326. The van der Waals surface area contributed by atoms with Gasteiger partial charge in [-0.2, -0.15) is 5.10 Å². The van der Waals surface area contributed by atoms with Crippen molar-refractivity contribution in [1.82, 2.24) is 19.7 Å². The molecule has 1 amide bonds. The number of imidazole rings is 1. The molecule has 1 aliphatic carbocycles. The Morgan fingerprint density at radius 1 is 1.36 bits per heavy atom. The van der Waals surface area contributed by atoms with Crippen molar-refractivity contribution in [1.29, 1.82) is 0 Å². The molecule has 2 heterocycles. The third-order valence-electron chi connectivity index (χ3n) is 4.00. The van der Waals surface area contributed by atoms with E-state index < -0.39 is 0 Å². The van der Waals surface area contributed by atoms with Gasteiger partial charge in [-0.25, -0.2) is 9.37 Å². The molecule has 0 unspecified atom stereocenters. The number of rotatable bonds is 3. The van der Waals surface area contributed by atoms with Crippen LogP contribution in [0.4, 0.5) is 10.3 Å². The van der Waals surface area contributed by atoms with Gasteiger partial charge in [0.1, 0.15) is 11.5 Å². The van der Waals surface area contributed by atoms with E-state index in [-0.39, 0.29) is 11.7 Å². The highest BCUT2D eigenvalue weighted by Gasteiger charge is 2.24. The first-order valence-electron chi connectivity index (χ1n) is 7.21. The van der Waals surface area contributed by atoms with E-state index in [1.54, 1.807) is 23.0 Å². The molecule has 0 radical (unpaired) electrons. The molecule has 22 heavy (non-hydrogen) atoms. The second kappa shape index (κ2) is 4.94. The fourth-order valence-corrected chi connectivity index (χ4v) is 2.63. The van der Waals surface area contributed by atoms with E-state index in [2.05, 4.69) is 20.4 Å². The standard InChI is InChI=1S/C15H14FN5O/c16-9-4-5-11-12(8-9)19-15(18-11)20-14(22)13-6-7-17-21(13)10-2-1-3-10/h4-8,10H,1-3H2,(H2,18,19,20,22). The van der Waals surface area contributed by atoms with Crippen LogP contribution in [0.1, 0.15) is 35.8 Å². The van der Waals surface area contributed by atoms with E-state index >= 15 is 0 Å². The number of nitrogens with zero attached hydrogens (tertiary/aromatic N) is 3. The van der Waals surface area contributed by atoms with Crippen molar-refractivity contribution >= 4 is 22.9 Å². The van der Waals surface area contributed by atoms with Crippen LogP contribution in [0.25, 0.3) is 11.0 Å². The molecule has 112 valence electrons. The minimum Gasteiger partial charge on any atom is -0.324 e. The third-order valence-corrected chi connectivity index (χ3v) is 4.00. The number of carbonyl (C=O) groups excluding carboxylic acids is 1. The highest BCUT2D eigenvalue weighted by molar-refractivity contribution is 6.02.